The maximum Gasteiger partial charge on any atom is 0.232 e. The van der Waals surface area contributed by atoms with E-state index in [0.29, 0.717) is 17.8 Å². The second kappa shape index (κ2) is 4.58. The lowest BCUT2D eigenvalue weighted by molar-refractivity contribution is -0.242. The quantitative estimate of drug-likeness (QED) is 0.773. The third-order valence-corrected chi connectivity index (χ3v) is 7.25. The zero-order valence-electron chi connectivity index (χ0n) is 13.9. The normalized spacial score (nSPS) is 48.1. The summed E-state index contributed by atoms with van der Waals surface area (Å²) in [4.78, 5) is 4.47. The molecule has 0 radical (unpaired) electrons. The largest absolute Gasteiger partial charge is 0.459 e. The zero-order valence-corrected chi connectivity index (χ0v) is 14.7. The Hall–Kier alpha value is -0.910. The van der Waals surface area contributed by atoms with E-state index in [9.17, 15) is 0 Å². The van der Waals surface area contributed by atoms with Gasteiger partial charge in [0.15, 0.2) is 16.6 Å². The molecular weight excluding hydrogens is 310 g/mol. The van der Waals surface area contributed by atoms with Gasteiger partial charge < -0.3 is 14.2 Å². The van der Waals surface area contributed by atoms with Crippen molar-refractivity contribution in [3.8, 4) is 0 Å². The van der Waals surface area contributed by atoms with Gasteiger partial charge in [-0.1, -0.05) is 6.92 Å². The molecule has 1 spiro atoms. The van der Waals surface area contributed by atoms with Crippen LogP contribution in [0.15, 0.2) is 17.2 Å². The molecule has 3 fully saturated rings. The van der Waals surface area contributed by atoms with E-state index in [-0.39, 0.29) is 11.9 Å². The van der Waals surface area contributed by atoms with Crippen molar-refractivity contribution < 1.29 is 14.2 Å². The maximum atomic E-state index is 6.65. The highest BCUT2D eigenvalue weighted by molar-refractivity contribution is 7.10. The van der Waals surface area contributed by atoms with Crippen LogP contribution >= 0.6 is 11.3 Å². The first-order valence-electron chi connectivity index (χ1n) is 8.69. The molecule has 124 valence electrons. The molecule has 0 N–H and O–H groups in total. The number of ether oxygens (including phenoxy) is 3. The van der Waals surface area contributed by atoms with Crippen LogP contribution in [0.1, 0.15) is 51.5 Å². The van der Waals surface area contributed by atoms with Gasteiger partial charge in [0.25, 0.3) is 0 Å². The minimum Gasteiger partial charge on any atom is -0.459 e. The van der Waals surface area contributed by atoms with Crippen LogP contribution in [0, 0.1) is 17.8 Å². The van der Waals surface area contributed by atoms with Crippen molar-refractivity contribution in [3.63, 3.8) is 0 Å². The smallest absolute Gasteiger partial charge is 0.232 e. The minimum absolute atomic E-state index is 0.296. The Morgan fingerprint density at radius 1 is 1.30 bits per heavy atom. The molecule has 0 aromatic carbocycles. The van der Waals surface area contributed by atoms with Crippen LogP contribution in [0.3, 0.4) is 0 Å². The summed E-state index contributed by atoms with van der Waals surface area (Å²) in [5, 5.41) is 2.96. The van der Waals surface area contributed by atoms with E-state index in [1.165, 1.54) is 18.4 Å². The molecule has 1 aliphatic carbocycles. The van der Waals surface area contributed by atoms with Crippen LogP contribution in [0.5, 0.6) is 0 Å². The van der Waals surface area contributed by atoms with Crippen LogP contribution in [0.4, 0.5) is 0 Å². The van der Waals surface area contributed by atoms with Gasteiger partial charge in [0.1, 0.15) is 5.60 Å². The molecule has 6 atom stereocenters. The molecule has 1 aromatic heterocycles. The lowest BCUT2D eigenvalue weighted by Gasteiger charge is -2.55. The Kier molecular flexibility index (Phi) is 2.88. The predicted octanol–water partition coefficient (Wildman–Crippen LogP) is 4.19. The summed E-state index contributed by atoms with van der Waals surface area (Å²) < 4.78 is 19.4. The second-order valence-corrected chi connectivity index (χ2v) is 8.65. The molecule has 4 nitrogen and oxygen atoms in total. The molecule has 2 saturated heterocycles. The van der Waals surface area contributed by atoms with E-state index in [0.717, 1.165) is 23.6 Å². The average molecular weight is 333 g/mol. The van der Waals surface area contributed by atoms with Crippen LogP contribution in [0.2, 0.25) is 0 Å². The highest BCUT2D eigenvalue weighted by atomic mass is 32.1. The molecule has 3 aliphatic heterocycles. The minimum atomic E-state index is -0.491. The SMILES string of the molecule is CC1=C(c2nccs2)OC2O[C@]3(C)CC[C@H]4[C@H](C)CC[C@@H]1[C@@]24O3. The molecule has 5 heteroatoms. The van der Waals surface area contributed by atoms with Crippen molar-refractivity contribution in [2.75, 3.05) is 0 Å². The first-order valence-corrected chi connectivity index (χ1v) is 9.57. The van der Waals surface area contributed by atoms with Crippen molar-refractivity contribution in [1.82, 2.24) is 4.98 Å². The maximum absolute atomic E-state index is 6.65. The lowest BCUT2D eigenvalue weighted by Crippen LogP contribution is -2.61. The highest BCUT2D eigenvalue weighted by Crippen LogP contribution is 2.63. The fourth-order valence-electron chi connectivity index (χ4n) is 5.43. The molecule has 0 amide bonds. The van der Waals surface area contributed by atoms with Crippen LogP contribution in [-0.2, 0) is 14.2 Å². The molecule has 2 bridgehead atoms. The Bertz CT molecular complexity index is 672. The summed E-state index contributed by atoms with van der Waals surface area (Å²) in [5.74, 6) is 2.00. The van der Waals surface area contributed by atoms with E-state index in [4.69, 9.17) is 14.2 Å². The molecule has 1 unspecified atom stereocenters. The number of hydrogen-bond donors (Lipinski definition) is 0. The van der Waals surface area contributed by atoms with Crippen LogP contribution < -0.4 is 0 Å². The molecule has 4 heterocycles. The molecule has 1 aromatic rings. The number of nitrogens with zero attached hydrogens (tertiary/aromatic N) is 1. The highest BCUT2D eigenvalue weighted by Gasteiger charge is 2.70. The number of thiazole rings is 1. The lowest BCUT2D eigenvalue weighted by atomic mass is 9.58. The molecule has 5 rings (SSSR count). The fraction of sp³-hybridized carbons (Fsp3) is 0.722. The first-order chi connectivity index (χ1) is 11.0. The third kappa shape index (κ3) is 1.76. The molecule has 1 saturated carbocycles. The van der Waals surface area contributed by atoms with E-state index < -0.39 is 5.79 Å². The summed E-state index contributed by atoms with van der Waals surface area (Å²) in [6.07, 6.45) is 6.08. The van der Waals surface area contributed by atoms with E-state index in [1.807, 2.05) is 11.6 Å². The van der Waals surface area contributed by atoms with Gasteiger partial charge in [-0.3, -0.25) is 0 Å². The van der Waals surface area contributed by atoms with Crippen molar-refractivity contribution in [2.24, 2.45) is 17.8 Å². The summed E-state index contributed by atoms with van der Waals surface area (Å²) in [6, 6.07) is 0. The Morgan fingerprint density at radius 2 is 2.17 bits per heavy atom. The molecule has 4 aliphatic rings. The number of hydrogen-bond acceptors (Lipinski definition) is 5. The summed E-state index contributed by atoms with van der Waals surface area (Å²) >= 11 is 1.63. The van der Waals surface area contributed by atoms with Gasteiger partial charge in [0.2, 0.25) is 6.29 Å². The molecular formula is C18H23NO3S. The average Bonchev–Trinajstić information content (AvgIpc) is 3.10. The second-order valence-electron chi connectivity index (χ2n) is 7.76. The third-order valence-electron chi connectivity index (χ3n) is 6.48. The van der Waals surface area contributed by atoms with E-state index in [1.54, 1.807) is 11.3 Å². The van der Waals surface area contributed by atoms with Gasteiger partial charge in [-0.25, -0.2) is 4.98 Å². The molecule has 23 heavy (non-hydrogen) atoms. The fourth-order valence-corrected chi connectivity index (χ4v) is 6.12. The number of rotatable bonds is 1. The Balaban J connectivity index is 1.66. The van der Waals surface area contributed by atoms with Gasteiger partial charge in [-0.15, -0.1) is 11.3 Å². The van der Waals surface area contributed by atoms with Gasteiger partial charge in [0.05, 0.1) is 0 Å². The number of fused-ring (bicyclic) bond motifs is 1. The van der Waals surface area contributed by atoms with Crippen molar-refractivity contribution in [1.29, 1.82) is 0 Å². The van der Waals surface area contributed by atoms with E-state index >= 15 is 0 Å². The van der Waals surface area contributed by atoms with Crippen molar-refractivity contribution in [3.05, 3.63) is 22.2 Å². The van der Waals surface area contributed by atoms with Gasteiger partial charge >= 0.3 is 0 Å². The summed E-state index contributed by atoms with van der Waals surface area (Å²) in [5.41, 5.74) is 0.998. The van der Waals surface area contributed by atoms with Crippen molar-refractivity contribution >= 4 is 17.1 Å². The predicted molar refractivity (Wildman–Crippen MR) is 87.5 cm³/mol. The summed E-state index contributed by atoms with van der Waals surface area (Å²) in [7, 11) is 0. The van der Waals surface area contributed by atoms with Crippen LogP contribution in [0.25, 0.3) is 5.76 Å². The zero-order chi connectivity index (χ0) is 15.8. The first kappa shape index (κ1) is 14.4. The van der Waals surface area contributed by atoms with E-state index in [2.05, 4.69) is 25.8 Å². The monoisotopic (exact) mass is 333 g/mol. The summed E-state index contributed by atoms with van der Waals surface area (Å²) in [6.45, 7) is 6.65. The Labute approximate surface area is 140 Å². The standard InChI is InChI=1S/C18H23NO3S/c1-10-4-5-13-11(2)14(15-19-8-9-23-15)20-16-18(13)12(10)6-7-17(3,21-16)22-18/h8-10,12-13,16H,4-7H2,1-3H3/t10-,12+,13+,16?,17+,18-/m1/s1. The van der Waals surface area contributed by atoms with Gasteiger partial charge in [-0.05, 0) is 50.5 Å². The Morgan fingerprint density at radius 3 is 2.96 bits per heavy atom. The topological polar surface area (TPSA) is 40.6 Å². The van der Waals surface area contributed by atoms with Crippen LogP contribution in [-0.4, -0.2) is 22.7 Å². The van der Waals surface area contributed by atoms with Gasteiger partial charge in [0, 0.05) is 23.9 Å². The van der Waals surface area contributed by atoms with Crippen molar-refractivity contribution in [2.45, 2.75) is 64.1 Å². The number of aromatic nitrogens is 1. The van der Waals surface area contributed by atoms with Gasteiger partial charge in [-0.2, -0.15) is 0 Å².